The molecule has 2 heterocycles. The fraction of sp³-hybridized carbons (Fsp3) is 0.381. The Bertz CT molecular complexity index is 1080. The summed E-state index contributed by atoms with van der Waals surface area (Å²) in [5.74, 6) is 0.640. The Morgan fingerprint density at radius 2 is 1.78 bits per heavy atom. The van der Waals surface area contributed by atoms with Crippen LogP contribution in [0.25, 0.3) is 11.0 Å². The van der Waals surface area contributed by atoms with Crippen molar-refractivity contribution in [3.8, 4) is 0 Å². The van der Waals surface area contributed by atoms with E-state index in [-0.39, 0.29) is 17.0 Å². The fourth-order valence-electron chi connectivity index (χ4n) is 3.67. The monoisotopic (exact) mass is 366 g/mol. The molecule has 0 bridgehead atoms. The minimum absolute atomic E-state index is 0.191. The first-order valence-electron chi connectivity index (χ1n) is 9.42. The van der Waals surface area contributed by atoms with Crippen molar-refractivity contribution in [2.24, 2.45) is 0 Å². The molecule has 0 unspecified atom stereocenters. The maximum absolute atomic E-state index is 12.8. The van der Waals surface area contributed by atoms with Gasteiger partial charge in [0.2, 0.25) is 0 Å². The lowest BCUT2D eigenvalue weighted by atomic mass is 10.1. The van der Waals surface area contributed by atoms with Gasteiger partial charge in [0.25, 0.3) is 11.5 Å². The Morgan fingerprint density at radius 3 is 2.41 bits per heavy atom. The van der Waals surface area contributed by atoms with E-state index >= 15 is 0 Å². The number of carbonyl (C=O) groups is 1. The SMILES string of the molecule is CCc1nc2cc(NC(=O)c3c(C)cc(C)n(CC)c3=O)ccc2n1CC. The average molecular weight is 366 g/mol. The van der Waals surface area contributed by atoms with Gasteiger partial charge in [-0.1, -0.05) is 6.92 Å². The summed E-state index contributed by atoms with van der Waals surface area (Å²) in [7, 11) is 0. The lowest BCUT2D eigenvalue weighted by molar-refractivity contribution is 0.102. The van der Waals surface area contributed by atoms with Crippen LogP contribution in [0.2, 0.25) is 0 Å². The lowest BCUT2D eigenvalue weighted by Crippen LogP contribution is -2.31. The van der Waals surface area contributed by atoms with Crippen LogP contribution in [0.15, 0.2) is 29.1 Å². The second kappa shape index (κ2) is 7.39. The van der Waals surface area contributed by atoms with E-state index in [0.717, 1.165) is 35.5 Å². The Morgan fingerprint density at radius 1 is 1.07 bits per heavy atom. The molecule has 0 fully saturated rings. The average Bonchev–Trinajstić information content (AvgIpc) is 2.98. The van der Waals surface area contributed by atoms with E-state index in [2.05, 4.69) is 28.7 Å². The first-order valence-corrected chi connectivity index (χ1v) is 9.42. The van der Waals surface area contributed by atoms with E-state index in [4.69, 9.17) is 0 Å². The number of benzene rings is 1. The van der Waals surface area contributed by atoms with Gasteiger partial charge in [0.05, 0.1) is 11.0 Å². The summed E-state index contributed by atoms with van der Waals surface area (Å²) in [4.78, 5) is 30.2. The van der Waals surface area contributed by atoms with Gasteiger partial charge in [-0.15, -0.1) is 0 Å². The van der Waals surface area contributed by atoms with Crippen LogP contribution in [0, 0.1) is 13.8 Å². The van der Waals surface area contributed by atoms with Gasteiger partial charge in [0.1, 0.15) is 11.4 Å². The first-order chi connectivity index (χ1) is 12.9. The molecule has 1 N–H and O–H groups in total. The van der Waals surface area contributed by atoms with Crippen LogP contribution in [0.3, 0.4) is 0 Å². The molecule has 0 aliphatic heterocycles. The van der Waals surface area contributed by atoms with Crippen LogP contribution in [0.5, 0.6) is 0 Å². The minimum atomic E-state index is -0.385. The number of nitrogens with zero attached hydrogens (tertiary/aromatic N) is 3. The van der Waals surface area contributed by atoms with Gasteiger partial charge in [0.15, 0.2) is 0 Å². The molecule has 0 aliphatic carbocycles. The third-order valence-corrected chi connectivity index (χ3v) is 4.97. The van der Waals surface area contributed by atoms with Gasteiger partial charge in [-0.25, -0.2) is 4.98 Å². The minimum Gasteiger partial charge on any atom is -0.328 e. The highest BCUT2D eigenvalue weighted by molar-refractivity contribution is 6.05. The molecule has 0 saturated heterocycles. The molecule has 6 nitrogen and oxygen atoms in total. The van der Waals surface area contributed by atoms with Crippen molar-refractivity contribution < 1.29 is 4.79 Å². The molecular formula is C21H26N4O2. The standard InChI is InChI=1S/C21H26N4O2/c1-6-18-23-16-12-15(9-10-17(16)25(18)8-3)22-20(26)19-13(4)11-14(5)24(7-2)21(19)27/h9-12H,6-8H2,1-5H3,(H,22,26). The highest BCUT2D eigenvalue weighted by Crippen LogP contribution is 2.21. The van der Waals surface area contributed by atoms with Gasteiger partial charge in [-0.3, -0.25) is 9.59 Å². The van der Waals surface area contributed by atoms with E-state index in [9.17, 15) is 9.59 Å². The second-order valence-corrected chi connectivity index (χ2v) is 6.68. The van der Waals surface area contributed by atoms with Crippen molar-refractivity contribution in [3.63, 3.8) is 0 Å². The van der Waals surface area contributed by atoms with Gasteiger partial charge >= 0.3 is 0 Å². The lowest BCUT2D eigenvalue weighted by Gasteiger charge is -2.13. The number of aromatic nitrogens is 3. The molecule has 2 aromatic heterocycles. The number of pyridine rings is 1. The molecule has 0 radical (unpaired) electrons. The molecule has 0 atom stereocenters. The molecule has 1 amide bonds. The van der Waals surface area contributed by atoms with Crippen molar-refractivity contribution >= 4 is 22.6 Å². The normalized spacial score (nSPS) is 11.1. The Kier molecular flexibility index (Phi) is 5.17. The predicted octanol–water partition coefficient (Wildman–Crippen LogP) is 3.67. The summed E-state index contributed by atoms with van der Waals surface area (Å²) in [6, 6.07) is 7.56. The maximum atomic E-state index is 12.8. The largest absolute Gasteiger partial charge is 0.328 e. The summed E-state index contributed by atoms with van der Waals surface area (Å²) in [5.41, 5.74) is 4.01. The number of aryl methyl sites for hydroxylation is 4. The third kappa shape index (κ3) is 3.27. The van der Waals surface area contributed by atoms with Crippen molar-refractivity contribution in [1.82, 2.24) is 14.1 Å². The molecule has 0 spiro atoms. The number of imidazole rings is 1. The van der Waals surface area contributed by atoms with Crippen LogP contribution >= 0.6 is 0 Å². The van der Waals surface area contributed by atoms with E-state index in [1.165, 1.54) is 0 Å². The quantitative estimate of drug-likeness (QED) is 0.749. The molecule has 0 aliphatic rings. The first kappa shape index (κ1) is 18.9. The third-order valence-electron chi connectivity index (χ3n) is 4.97. The molecule has 3 aromatic rings. The van der Waals surface area contributed by atoms with E-state index in [0.29, 0.717) is 17.8 Å². The number of anilines is 1. The summed E-state index contributed by atoms with van der Waals surface area (Å²) < 4.78 is 3.78. The molecule has 27 heavy (non-hydrogen) atoms. The van der Waals surface area contributed by atoms with Gasteiger partial charge in [-0.05, 0) is 57.5 Å². The molecule has 6 heteroatoms. The van der Waals surface area contributed by atoms with E-state index in [1.807, 2.05) is 38.1 Å². The van der Waals surface area contributed by atoms with Crippen LogP contribution in [0.4, 0.5) is 5.69 Å². The molecule has 0 saturated carbocycles. The van der Waals surface area contributed by atoms with Crippen molar-refractivity contribution in [1.29, 1.82) is 0 Å². The highest BCUT2D eigenvalue weighted by atomic mass is 16.2. The highest BCUT2D eigenvalue weighted by Gasteiger charge is 2.18. The zero-order chi connectivity index (χ0) is 19.7. The number of rotatable bonds is 5. The summed E-state index contributed by atoms with van der Waals surface area (Å²) >= 11 is 0. The van der Waals surface area contributed by atoms with Gasteiger partial charge < -0.3 is 14.5 Å². The van der Waals surface area contributed by atoms with Crippen LogP contribution in [-0.4, -0.2) is 20.0 Å². The summed E-state index contributed by atoms with van der Waals surface area (Å²) in [5, 5.41) is 2.87. The number of amides is 1. The van der Waals surface area contributed by atoms with Crippen molar-refractivity contribution in [2.75, 3.05) is 5.32 Å². The number of hydrogen-bond donors (Lipinski definition) is 1. The Hall–Kier alpha value is -2.89. The van der Waals surface area contributed by atoms with Crippen LogP contribution in [0.1, 0.15) is 48.2 Å². The Labute approximate surface area is 158 Å². The molecule has 142 valence electrons. The number of carbonyl (C=O) groups excluding carboxylic acids is 1. The zero-order valence-electron chi connectivity index (χ0n) is 16.6. The summed E-state index contributed by atoms with van der Waals surface area (Å²) in [6.07, 6.45) is 0.851. The predicted molar refractivity (Wildman–Crippen MR) is 109 cm³/mol. The van der Waals surface area contributed by atoms with Gasteiger partial charge in [0, 0.05) is 30.9 Å². The second-order valence-electron chi connectivity index (χ2n) is 6.68. The van der Waals surface area contributed by atoms with Crippen LogP contribution in [-0.2, 0) is 19.5 Å². The molecular weight excluding hydrogens is 340 g/mol. The fourth-order valence-corrected chi connectivity index (χ4v) is 3.67. The van der Waals surface area contributed by atoms with E-state index < -0.39 is 0 Å². The van der Waals surface area contributed by atoms with Crippen LogP contribution < -0.4 is 10.9 Å². The molecule has 1 aromatic carbocycles. The number of hydrogen-bond acceptors (Lipinski definition) is 3. The number of nitrogens with one attached hydrogen (secondary N) is 1. The smallest absolute Gasteiger partial charge is 0.263 e. The van der Waals surface area contributed by atoms with Gasteiger partial charge in [-0.2, -0.15) is 0 Å². The Balaban J connectivity index is 1.99. The zero-order valence-corrected chi connectivity index (χ0v) is 16.6. The number of fused-ring (bicyclic) bond motifs is 1. The van der Waals surface area contributed by atoms with Crippen molar-refractivity contribution in [2.45, 2.75) is 54.1 Å². The maximum Gasteiger partial charge on any atom is 0.263 e. The van der Waals surface area contributed by atoms with E-state index in [1.54, 1.807) is 11.5 Å². The summed E-state index contributed by atoms with van der Waals surface area (Å²) in [6.45, 7) is 11.1. The topological polar surface area (TPSA) is 68.9 Å². The van der Waals surface area contributed by atoms with Crippen molar-refractivity contribution in [3.05, 3.63) is 57.3 Å². The molecule has 3 rings (SSSR count).